The molecular formula is C26H21N3O3S2. The first kappa shape index (κ1) is 21.2. The van der Waals surface area contributed by atoms with Crippen molar-refractivity contribution in [2.75, 3.05) is 0 Å². The van der Waals surface area contributed by atoms with Crippen LogP contribution in [0.25, 0.3) is 31.7 Å². The number of H-pyrrole nitrogens is 1. The molecule has 170 valence electrons. The van der Waals surface area contributed by atoms with Crippen LogP contribution in [-0.4, -0.2) is 20.9 Å². The summed E-state index contributed by atoms with van der Waals surface area (Å²) in [6, 6.07) is 13.2. The molecule has 4 aromatic heterocycles. The molecule has 0 saturated carbocycles. The molecular weight excluding hydrogens is 466 g/mol. The summed E-state index contributed by atoms with van der Waals surface area (Å²) in [6.07, 6.45) is 2.99. The van der Waals surface area contributed by atoms with Crippen LogP contribution in [0.2, 0.25) is 0 Å². The van der Waals surface area contributed by atoms with Gasteiger partial charge < -0.3 is 9.72 Å². The molecule has 1 N–H and O–H groups in total. The number of aryl methyl sites for hydroxylation is 1. The molecule has 0 spiro atoms. The SMILES string of the molecule is C[C@H]1CCc2c(sc3nc(COC(=O)c4cc(-c5cccs5)nc5ccccc45)[nH]c(=O)c23)C1. The van der Waals surface area contributed by atoms with Crippen molar-refractivity contribution in [2.24, 2.45) is 5.92 Å². The van der Waals surface area contributed by atoms with Gasteiger partial charge in [-0.05, 0) is 54.3 Å². The zero-order valence-corrected chi connectivity index (χ0v) is 20.1. The van der Waals surface area contributed by atoms with E-state index in [2.05, 4.69) is 16.9 Å². The summed E-state index contributed by atoms with van der Waals surface area (Å²) in [7, 11) is 0. The van der Waals surface area contributed by atoms with Crippen molar-refractivity contribution in [3.63, 3.8) is 0 Å². The minimum Gasteiger partial charge on any atom is -0.454 e. The van der Waals surface area contributed by atoms with Gasteiger partial charge in [-0.3, -0.25) is 4.79 Å². The molecule has 0 amide bonds. The predicted molar refractivity (Wildman–Crippen MR) is 136 cm³/mol. The number of hydrogen-bond acceptors (Lipinski definition) is 7. The first-order valence-electron chi connectivity index (χ1n) is 11.2. The summed E-state index contributed by atoms with van der Waals surface area (Å²) in [6.45, 7) is 2.14. The number of rotatable bonds is 4. The summed E-state index contributed by atoms with van der Waals surface area (Å²) in [5.41, 5.74) is 2.88. The van der Waals surface area contributed by atoms with E-state index < -0.39 is 5.97 Å². The Morgan fingerprint density at radius 1 is 1.21 bits per heavy atom. The molecule has 0 bridgehead atoms. The number of carbonyl (C=O) groups is 1. The Labute approximate surface area is 203 Å². The van der Waals surface area contributed by atoms with Gasteiger partial charge in [-0.15, -0.1) is 22.7 Å². The van der Waals surface area contributed by atoms with Gasteiger partial charge in [-0.2, -0.15) is 0 Å². The van der Waals surface area contributed by atoms with E-state index in [0.717, 1.165) is 51.1 Å². The van der Waals surface area contributed by atoms with Crippen molar-refractivity contribution in [3.05, 3.63) is 80.0 Å². The Bertz CT molecular complexity index is 1600. The molecule has 1 aliphatic carbocycles. The van der Waals surface area contributed by atoms with E-state index in [1.54, 1.807) is 28.7 Å². The van der Waals surface area contributed by atoms with E-state index in [4.69, 9.17) is 9.72 Å². The molecule has 1 atom stereocenters. The minimum absolute atomic E-state index is 0.103. The Balaban J connectivity index is 1.31. The quantitative estimate of drug-likeness (QED) is 0.327. The summed E-state index contributed by atoms with van der Waals surface area (Å²) >= 11 is 3.15. The van der Waals surface area contributed by atoms with Crippen molar-refractivity contribution >= 4 is 49.8 Å². The molecule has 0 aliphatic heterocycles. The number of nitrogens with zero attached hydrogens (tertiary/aromatic N) is 2. The fourth-order valence-corrected chi connectivity index (χ4v) is 6.66. The summed E-state index contributed by atoms with van der Waals surface area (Å²) in [4.78, 5) is 41.1. The summed E-state index contributed by atoms with van der Waals surface area (Å²) in [5, 5.41) is 3.40. The average Bonchev–Trinajstić information content (AvgIpc) is 3.49. The fourth-order valence-electron chi connectivity index (χ4n) is 4.57. The maximum absolute atomic E-state index is 13.1. The number of aromatic amines is 1. The highest BCUT2D eigenvalue weighted by Crippen LogP contribution is 2.35. The lowest BCUT2D eigenvalue weighted by molar-refractivity contribution is 0.0464. The van der Waals surface area contributed by atoms with Gasteiger partial charge in [0, 0.05) is 10.3 Å². The Morgan fingerprint density at radius 3 is 2.94 bits per heavy atom. The molecule has 4 heterocycles. The van der Waals surface area contributed by atoms with E-state index in [9.17, 15) is 9.59 Å². The number of pyridine rings is 1. The van der Waals surface area contributed by atoms with Gasteiger partial charge in [0.15, 0.2) is 0 Å². The van der Waals surface area contributed by atoms with Crippen molar-refractivity contribution in [1.82, 2.24) is 15.0 Å². The number of hydrogen-bond donors (Lipinski definition) is 1. The highest BCUT2D eigenvalue weighted by atomic mass is 32.1. The van der Waals surface area contributed by atoms with E-state index in [0.29, 0.717) is 22.7 Å². The number of ether oxygens (including phenoxy) is 1. The van der Waals surface area contributed by atoms with Gasteiger partial charge in [-0.1, -0.05) is 31.2 Å². The van der Waals surface area contributed by atoms with Crippen molar-refractivity contribution in [2.45, 2.75) is 32.8 Å². The van der Waals surface area contributed by atoms with Crippen LogP contribution < -0.4 is 5.56 Å². The monoisotopic (exact) mass is 487 g/mol. The van der Waals surface area contributed by atoms with Crippen LogP contribution in [0.3, 0.4) is 0 Å². The van der Waals surface area contributed by atoms with Gasteiger partial charge in [0.25, 0.3) is 5.56 Å². The number of thiophene rings is 2. The van der Waals surface area contributed by atoms with Gasteiger partial charge in [0.1, 0.15) is 17.3 Å². The zero-order valence-electron chi connectivity index (χ0n) is 18.5. The third-order valence-electron chi connectivity index (χ3n) is 6.26. The van der Waals surface area contributed by atoms with Crippen LogP contribution in [0.15, 0.2) is 52.6 Å². The highest BCUT2D eigenvalue weighted by Gasteiger charge is 2.23. The lowest BCUT2D eigenvalue weighted by Gasteiger charge is -2.17. The third-order valence-corrected chi connectivity index (χ3v) is 8.30. The van der Waals surface area contributed by atoms with E-state index >= 15 is 0 Å². The molecule has 0 unspecified atom stereocenters. The number of esters is 1. The maximum Gasteiger partial charge on any atom is 0.339 e. The van der Waals surface area contributed by atoms with E-state index in [-0.39, 0.29) is 12.2 Å². The van der Waals surface area contributed by atoms with Crippen LogP contribution in [0.1, 0.15) is 40.0 Å². The predicted octanol–water partition coefficient (Wildman–Crippen LogP) is 5.74. The van der Waals surface area contributed by atoms with E-state index in [1.165, 1.54) is 4.88 Å². The second-order valence-electron chi connectivity index (χ2n) is 8.67. The molecule has 6 nitrogen and oxygen atoms in total. The first-order valence-corrected chi connectivity index (χ1v) is 12.9. The third kappa shape index (κ3) is 3.73. The topological polar surface area (TPSA) is 84.9 Å². The molecule has 34 heavy (non-hydrogen) atoms. The van der Waals surface area contributed by atoms with Crippen LogP contribution >= 0.6 is 22.7 Å². The lowest BCUT2D eigenvalue weighted by Crippen LogP contribution is -2.16. The highest BCUT2D eigenvalue weighted by molar-refractivity contribution is 7.18. The number of carbonyl (C=O) groups excluding carboxylic acids is 1. The normalized spacial score (nSPS) is 15.5. The van der Waals surface area contributed by atoms with Crippen LogP contribution in [0, 0.1) is 5.92 Å². The number of nitrogens with one attached hydrogen (secondary N) is 1. The summed E-state index contributed by atoms with van der Waals surface area (Å²) in [5.74, 6) is 0.502. The maximum atomic E-state index is 13.1. The van der Waals surface area contributed by atoms with Crippen molar-refractivity contribution in [1.29, 1.82) is 0 Å². The average molecular weight is 488 g/mol. The number of aromatic nitrogens is 3. The molecule has 1 aliphatic rings. The second kappa shape index (κ2) is 8.45. The van der Waals surface area contributed by atoms with Gasteiger partial charge in [-0.25, -0.2) is 14.8 Å². The smallest absolute Gasteiger partial charge is 0.339 e. The van der Waals surface area contributed by atoms with Crippen LogP contribution in [0.4, 0.5) is 0 Å². The van der Waals surface area contributed by atoms with E-state index in [1.807, 2.05) is 41.8 Å². The molecule has 0 radical (unpaired) electrons. The Kier molecular flexibility index (Phi) is 5.27. The minimum atomic E-state index is -0.474. The largest absolute Gasteiger partial charge is 0.454 e. The van der Waals surface area contributed by atoms with Gasteiger partial charge in [0.05, 0.1) is 27.0 Å². The first-order chi connectivity index (χ1) is 16.6. The number of benzene rings is 1. The molecule has 0 saturated heterocycles. The molecule has 5 aromatic rings. The van der Waals surface area contributed by atoms with Crippen molar-refractivity contribution < 1.29 is 9.53 Å². The van der Waals surface area contributed by atoms with Crippen molar-refractivity contribution in [3.8, 4) is 10.6 Å². The number of fused-ring (bicyclic) bond motifs is 4. The second-order valence-corrected chi connectivity index (χ2v) is 10.7. The van der Waals surface area contributed by atoms with Gasteiger partial charge in [0.2, 0.25) is 0 Å². The van der Waals surface area contributed by atoms with Gasteiger partial charge >= 0.3 is 5.97 Å². The Morgan fingerprint density at radius 2 is 2.09 bits per heavy atom. The molecule has 6 rings (SSSR count). The fraction of sp³-hybridized carbons (Fsp3) is 0.231. The lowest BCUT2D eigenvalue weighted by atomic mass is 9.89. The Hall–Kier alpha value is -3.36. The number of para-hydroxylation sites is 1. The van der Waals surface area contributed by atoms with Crippen LogP contribution in [0.5, 0.6) is 0 Å². The standard InChI is InChI=1S/C26H21N3O3S2/c1-14-8-9-16-21(11-14)34-25-23(16)24(30)28-22(29-25)13-32-26(31)17-12-19(20-7-4-10-33-20)27-18-6-3-2-5-15(17)18/h2-7,10,12,14H,8-9,11,13H2,1H3,(H,28,29,30)/t14-/m0/s1. The zero-order chi connectivity index (χ0) is 23.2. The van der Waals surface area contributed by atoms with Crippen LogP contribution in [-0.2, 0) is 24.2 Å². The molecule has 0 fully saturated rings. The molecule has 1 aromatic carbocycles. The molecule has 8 heteroatoms. The summed E-state index contributed by atoms with van der Waals surface area (Å²) < 4.78 is 5.63.